The van der Waals surface area contributed by atoms with Gasteiger partial charge in [-0.15, -0.1) is 0 Å². The fourth-order valence-electron chi connectivity index (χ4n) is 2.82. The lowest BCUT2D eigenvalue weighted by Crippen LogP contribution is -2.16. The summed E-state index contributed by atoms with van der Waals surface area (Å²) in [6.07, 6.45) is 1.59. The molecule has 0 atom stereocenters. The third-order valence-corrected chi connectivity index (χ3v) is 4.87. The highest BCUT2D eigenvalue weighted by Crippen LogP contribution is 2.37. The Hall–Kier alpha value is -2.73. The second kappa shape index (κ2) is 10.2. The van der Waals surface area contributed by atoms with Crippen LogP contribution in [0.1, 0.15) is 59.9 Å². The molecule has 0 aliphatic heterocycles. The molecular weight excluding hydrogens is 394 g/mol. The Morgan fingerprint density at radius 1 is 1.07 bits per heavy atom. The molecule has 7 heteroatoms. The summed E-state index contributed by atoms with van der Waals surface area (Å²) in [5, 5.41) is 12.2. The minimum atomic E-state index is -1.02. The van der Waals surface area contributed by atoms with Gasteiger partial charge >= 0.3 is 5.97 Å². The van der Waals surface area contributed by atoms with Gasteiger partial charge in [-0.2, -0.15) is 0 Å². The summed E-state index contributed by atoms with van der Waals surface area (Å²) in [6.45, 7) is 8.00. The first kappa shape index (κ1) is 22.6. The van der Waals surface area contributed by atoms with Crippen LogP contribution < -0.4 is 14.8 Å². The highest BCUT2D eigenvalue weighted by molar-refractivity contribution is 6.33. The molecule has 0 aromatic heterocycles. The third kappa shape index (κ3) is 5.64. The Labute approximate surface area is 175 Å². The molecule has 0 spiro atoms. The number of anilines is 1. The second-order valence-electron chi connectivity index (χ2n) is 6.56. The van der Waals surface area contributed by atoms with Gasteiger partial charge in [0, 0.05) is 11.3 Å². The van der Waals surface area contributed by atoms with Gasteiger partial charge in [0.1, 0.15) is 16.5 Å². The van der Waals surface area contributed by atoms with Crippen LogP contribution in [0.4, 0.5) is 5.69 Å². The first-order valence-electron chi connectivity index (χ1n) is 9.58. The summed E-state index contributed by atoms with van der Waals surface area (Å²) in [4.78, 5) is 23.9. The maximum Gasteiger partial charge on any atom is 0.335 e. The second-order valence-corrected chi connectivity index (χ2v) is 6.94. The molecule has 0 saturated heterocycles. The lowest BCUT2D eigenvalue weighted by Gasteiger charge is -2.19. The molecule has 0 aliphatic carbocycles. The number of carboxylic acid groups (broad SMARTS) is 1. The van der Waals surface area contributed by atoms with Crippen molar-refractivity contribution in [3.05, 3.63) is 52.0 Å². The van der Waals surface area contributed by atoms with Crippen molar-refractivity contribution in [3.8, 4) is 11.5 Å². The third-order valence-electron chi connectivity index (χ3n) is 4.49. The van der Waals surface area contributed by atoms with Gasteiger partial charge in [0.2, 0.25) is 0 Å². The summed E-state index contributed by atoms with van der Waals surface area (Å²) >= 11 is 6.42. The smallest absolute Gasteiger partial charge is 0.335 e. The number of benzene rings is 2. The maximum atomic E-state index is 12.8. The molecular formula is C22H26ClNO5. The first-order chi connectivity index (χ1) is 13.8. The Bertz CT molecular complexity index is 893. The van der Waals surface area contributed by atoms with Gasteiger partial charge in [-0.05, 0) is 62.6 Å². The van der Waals surface area contributed by atoms with E-state index in [2.05, 4.69) is 5.32 Å². The van der Waals surface area contributed by atoms with Crippen molar-refractivity contribution >= 4 is 29.2 Å². The number of amides is 1. The van der Waals surface area contributed by atoms with E-state index in [0.717, 1.165) is 12.8 Å². The van der Waals surface area contributed by atoms with E-state index in [1.54, 1.807) is 25.1 Å². The van der Waals surface area contributed by atoms with Gasteiger partial charge in [0.05, 0.1) is 18.3 Å². The SMILES string of the molecule is CCOc1cc(C(=O)Nc2ccc(C(=O)O)cc2C)cc(OC(CC)CC)c1Cl. The molecule has 2 rings (SSSR count). The largest absolute Gasteiger partial charge is 0.492 e. The zero-order valence-electron chi connectivity index (χ0n) is 17.0. The van der Waals surface area contributed by atoms with Crippen molar-refractivity contribution in [2.75, 3.05) is 11.9 Å². The fourth-order valence-corrected chi connectivity index (χ4v) is 3.02. The average molecular weight is 420 g/mol. The van der Waals surface area contributed by atoms with Crippen LogP contribution in [0, 0.1) is 6.92 Å². The molecule has 2 aromatic rings. The topological polar surface area (TPSA) is 84.9 Å². The Morgan fingerprint density at radius 3 is 2.28 bits per heavy atom. The summed E-state index contributed by atoms with van der Waals surface area (Å²) in [5.74, 6) is -0.619. The molecule has 2 aromatic carbocycles. The lowest BCUT2D eigenvalue weighted by molar-refractivity contribution is 0.0696. The molecule has 0 radical (unpaired) electrons. The monoisotopic (exact) mass is 419 g/mol. The van der Waals surface area contributed by atoms with Gasteiger partial charge in [-0.25, -0.2) is 4.79 Å². The van der Waals surface area contributed by atoms with Crippen molar-refractivity contribution in [1.29, 1.82) is 0 Å². The lowest BCUT2D eigenvalue weighted by atomic mass is 10.1. The summed E-state index contributed by atoms with van der Waals surface area (Å²) < 4.78 is 11.6. The molecule has 156 valence electrons. The quantitative estimate of drug-likeness (QED) is 0.555. The maximum absolute atomic E-state index is 12.8. The van der Waals surface area contributed by atoms with Gasteiger partial charge in [0.25, 0.3) is 5.91 Å². The molecule has 29 heavy (non-hydrogen) atoms. The van der Waals surface area contributed by atoms with Crippen molar-refractivity contribution in [2.45, 2.75) is 46.6 Å². The number of ether oxygens (including phenoxy) is 2. The molecule has 2 N–H and O–H groups in total. The number of hydrogen-bond acceptors (Lipinski definition) is 4. The number of aromatic carboxylic acids is 1. The summed E-state index contributed by atoms with van der Waals surface area (Å²) in [7, 11) is 0. The number of hydrogen-bond donors (Lipinski definition) is 2. The van der Waals surface area contributed by atoms with E-state index in [0.29, 0.717) is 39.9 Å². The highest BCUT2D eigenvalue weighted by Gasteiger charge is 2.19. The van der Waals surface area contributed by atoms with E-state index < -0.39 is 5.97 Å². The number of halogens is 1. The molecule has 0 bridgehead atoms. The van der Waals surface area contributed by atoms with Gasteiger partial charge in [-0.3, -0.25) is 4.79 Å². The van der Waals surface area contributed by atoms with Crippen molar-refractivity contribution < 1.29 is 24.2 Å². The van der Waals surface area contributed by atoms with E-state index in [1.807, 2.05) is 20.8 Å². The van der Waals surface area contributed by atoms with Crippen LogP contribution >= 0.6 is 11.6 Å². The minimum Gasteiger partial charge on any atom is -0.492 e. The van der Waals surface area contributed by atoms with E-state index in [4.69, 9.17) is 26.2 Å². The summed E-state index contributed by atoms with van der Waals surface area (Å²) in [5.41, 5.74) is 1.66. The Kier molecular flexibility index (Phi) is 7.91. The van der Waals surface area contributed by atoms with Crippen LogP contribution in [-0.4, -0.2) is 29.7 Å². The average Bonchev–Trinajstić information content (AvgIpc) is 2.69. The van der Waals surface area contributed by atoms with Crippen LogP contribution in [0.15, 0.2) is 30.3 Å². The van der Waals surface area contributed by atoms with E-state index >= 15 is 0 Å². The molecule has 0 fully saturated rings. The Morgan fingerprint density at radius 2 is 1.72 bits per heavy atom. The number of aryl methyl sites for hydroxylation is 1. The number of carboxylic acids is 1. The molecule has 0 unspecified atom stereocenters. The molecule has 0 heterocycles. The standard InChI is InChI=1S/C22H26ClNO5/c1-5-16(6-2)29-19-12-15(11-18(20(19)23)28-7-3)21(25)24-17-9-8-14(22(26)27)10-13(17)4/h8-12,16H,5-7H2,1-4H3,(H,24,25)(H,26,27). The number of carbonyl (C=O) groups excluding carboxylic acids is 1. The predicted octanol–water partition coefficient (Wildman–Crippen LogP) is 5.57. The number of carbonyl (C=O) groups is 2. The van der Waals surface area contributed by atoms with Crippen LogP contribution in [0.2, 0.25) is 5.02 Å². The zero-order valence-corrected chi connectivity index (χ0v) is 17.8. The van der Waals surface area contributed by atoms with Gasteiger partial charge < -0.3 is 19.9 Å². The van der Waals surface area contributed by atoms with Crippen molar-refractivity contribution in [2.24, 2.45) is 0 Å². The van der Waals surface area contributed by atoms with Gasteiger partial charge in [0.15, 0.2) is 0 Å². The van der Waals surface area contributed by atoms with Crippen LogP contribution in [0.5, 0.6) is 11.5 Å². The predicted molar refractivity (Wildman–Crippen MR) is 114 cm³/mol. The Balaban J connectivity index is 2.35. The molecule has 1 amide bonds. The minimum absolute atomic E-state index is 0.0221. The van der Waals surface area contributed by atoms with Crippen molar-refractivity contribution in [1.82, 2.24) is 0 Å². The molecule has 6 nitrogen and oxygen atoms in total. The van der Waals surface area contributed by atoms with Crippen LogP contribution in [0.3, 0.4) is 0 Å². The van der Waals surface area contributed by atoms with E-state index in [9.17, 15) is 9.59 Å². The normalized spacial score (nSPS) is 10.7. The number of nitrogens with one attached hydrogen (secondary N) is 1. The van der Waals surface area contributed by atoms with Crippen LogP contribution in [0.25, 0.3) is 0 Å². The van der Waals surface area contributed by atoms with E-state index in [1.165, 1.54) is 12.1 Å². The number of rotatable bonds is 9. The van der Waals surface area contributed by atoms with Gasteiger partial charge in [-0.1, -0.05) is 25.4 Å². The highest BCUT2D eigenvalue weighted by atomic mass is 35.5. The fraction of sp³-hybridized carbons (Fsp3) is 0.364. The van der Waals surface area contributed by atoms with E-state index in [-0.39, 0.29) is 17.6 Å². The first-order valence-corrected chi connectivity index (χ1v) is 9.96. The van der Waals surface area contributed by atoms with Crippen LogP contribution in [-0.2, 0) is 0 Å². The summed E-state index contributed by atoms with van der Waals surface area (Å²) in [6, 6.07) is 7.69. The van der Waals surface area contributed by atoms with Crippen molar-refractivity contribution in [3.63, 3.8) is 0 Å². The molecule has 0 saturated carbocycles. The zero-order chi connectivity index (χ0) is 21.6. The molecule has 0 aliphatic rings.